The number of ether oxygens (including phenoxy) is 3. The number of rotatable bonds is 13. The molecule has 2 unspecified atom stereocenters. The van der Waals surface area contributed by atoms with Crippen LogP contribution in [0.5, 0.6) is 17.6 Å². The summed E-state index contributed by atoms with van der Waals surface area (Å²) in [5, 5.41) is 23.0. The van der Waals surface area contributed by atoms with Gasteiger partial charge in [-0.15, -0.1) is 0 Å². The highest BCUT2D eigenvalue weighted by molar-refractivity contribution is 7.94. The minimum atomic E-state index is -4.12. The Labute approximate surface area is 352 Å². The Morgan fingerprint density at radius 3 is 1.41 bits per heavy atom. The fourth-order valence-electron chi connectivity index (χ4n) is 4.66. The molecule has 2 heterocycles. The summed E-state index contributed by atoms with van der Waals surface area (Å²) in [7, 11) is -7.24. The van der Waals surface area contributed by atoms with E-state index in [-0.39, 0.29) is 55.9 Å². The van der Waals surface area contributed by atoms with E-state index in [1.165, 1.54) is 111 Å². The Balaban J connectivity index is 0.000000325. The van der Waals surface area contributed by atoms with Crippen LogP contribution >= 0.6 is 0 Å². The summed E-state index contributed by atoms with van der Waals surface area (Å²) in [6, 6.07) is 12.9. The van der Waals surface area contributed by atoms with Crippen molar-refractivity contribution in [3.8, 4) is 29.8 Å². The zero-order chi connectivity index (χ0) is 46.1. The zero-order valence-corrected chi connectivity index (χ0v) is 36.7. The Morgan fingerprint density at radius 1 is 0.639 bits per heavy atom. The number of sulfonamides is 2. The van der Waals surface area contributed by atoms with Crippen molar-refractivity contribution < 1.29 is 49.1 Å². The maximum absolute atomic E-state index is 13.0. The number of aromatic nitrogens is 3. The third kappa shape index (κ3) is 11.3. The van der Waals surface area contributed by atoms with Crippen molar-refractivity contribution in [2.45, 2.75) is 26.5 Å². The number of nitriles is 2. The number of hydrogen-bond acceptors (Lipinski definition) is 18. The molecule has 4 aromatic rings. The number of benzene rings is 2. The van der Waals surface area contributed by atoms with Crippen LogP contribution in [0.3, 0.4) is 0 Å². The van der Waals surface area contributed by atoms with Crippen molar-refractivity contribution in [2.24, 2.45) is 0 Å². The first-order valence-corrected chi connectivity index (χ1v) is 22.5. The van der Waals surface area contributed by atoms with Crippen LogP contribution in [0.4, 0.5) is 21.2 Å². The molecule has 0 radical (unpaired) electrons. The molecule has 0 saturated carbocycles. The summed E-state index contributed by atoms with van der Waals surface area (Å²) in [6.07, 6.45) is 0. The summed E-state index contributed by atoms with van der Waals surface area (Å²) in [4.78, 5) is 35.0. The maximum atomic E-state index is 13.0. The van der Waals surface area contributed by atoms with Gasteiger partial charge in [0.2, 0.25) is 25.9 Å². The van der Waals surface area contributed by atoms with Gasteiger partial charge in [-0.25, -0.2) is 62.5 Å². The van der Waals surface area contributed by atoms with Gasteiger partial charge in [0.25, 0.3) is 0 Å². The highest BCUT2D eigenvalue weighted by Gasteiger charge is 2.29. The molecule has 28 heteroatoms. The van der Waals surface area contributed by atoms with Crippen molar-refractivity contribution in [2.75, 3.05) is 60.2 Å². The first-order valence-electron chi connectivity index (χ1n) is 16.6. The normalized spacial score (nSPS) is 13.1. The van der Waals surface area contributed by atoms with Crippen molar-refractivity contribution in [3.05, 3.63) is 71.4 Å². The average molecular weight is 922 g/mol. The van der Waals surface area contributed by atoms with Gasteiger partial charge in [-0.2, -0.15) is 25.5 Å². The minimum absolute atomic E-state index is 0.0279. The molecule has 2 aromatic carbocycles. The van der Waals surface area contributed by atoms with Crippen LogP contribution in [0.1, 0.15) is 16.8 Å². The van der Waals surface area contributed by atoms with Crippen molar-refractivity contribution in [1.82, 2.24) is 33.0 Å². The number of hydrogen-bond donors (Lipinski definition) is 6. The van der Waals surface area contributed by atoms with Crippen LogP contribution in [-0.2, 0) is 39.9 Å². The lowest BCUT2D eigenvalue weighted by Crippen LogP contribution is -2.35. The highest BCUT2D eigenvalue weighted by atomic mass is 32.2. The summed E-state index contributed by atoms with van der Waals surface area (Å²) < 4.78 is 113. The molecule has 0 bridgehead atoms. The van der Waals surface area contributed by atoms with Gasteiger partial charge in [0, 0.05) is 34.3 Å². The van der Waals surface area contributed by atoms with Gasteiger partial charge >= 0.3 is 18.1 Å². The smallest absolute Gasteiger partial charge is 0.333 e. The summed E-state index contributed by atoms with van der Waals surface area (Å²) in [5.41, 5.74) is 0.0391. The van der Waals surface area contributed by atoms with E-state index in [2.05, 4.69) is 25.6 Å². The number of urea groups is 2. The number of nitrogens with one attached hydrogen (secondary N) is 6. The predicted octanol–water partition coefficient (Wildman–Crippen LogP) is 2.42. The summed E-state index contributed by atoms with van der Waals surface area (Å²) in [6.45, 7) is 1.50. The highest BCUT2D eigenvalue weighted by Crippen LogP contribution is 2.29. The van der Waals surface area contributed by atoms with E-state index in [0.29, 0.717) is 0 Å². The number of pyridine rings is 1. The van der Waals surface area contributed by atoms with E-state index < -0.39 is 61.7 Å². The van der Waals surface area contributed by atoms with E-state index in [1.54, 1.807) is 0 Å². The number of aryl methyl sites for hydroxylation is 1. The molecule has 0 aliphatic carbocycles. The number of carbonyl (C=O) groups is 2. The second kappa shape index (κ2) is 19.6. The largest absolute Gasteiger partial charge is 0.495 e. The predicted molar refractivity (Wildman–Crippen MR) is 217 cm³/mol. The molecule has 0 fully saturated rings. The van der Waals surface area contributed by atoms with E-state index in [0.717, 1.165) is 8.61 Å². The SMILES string of the molecule is COc1cc(OC)c(C#N)c(NC(=O)NS(=N)(=O)c2ccccc2S(=O)(=O)N(C)C)n1.COc1nc(C)c(C#N)c(NC(=O)NS(=N)(=O)c2ccccc2S(=O)(=O)N(C)C)n1. The van der Waals surface area contributed by atoms with Crippen LogP contribution in [0.25, 0.3) is 0 Å². The Morgan fingerprint density at radius 2 is 1.05 bits per heavy atom. The quantitative estimate of drug-likeness (QED) is 0.112. The number of carbonyl (C=O) groups excluding carboxylic acids is 2. The maximum Gasteiger partial charge on any atom is 0.333 e. The lowest BCUT2D eigenvalue weighted by atomic mass is 10.2. The Kier molecular flexibility index (Phi) is 15.6. The molecule has 4 rings (SSSR count). The van der Waals surface area contributed by atoms with Gasteiger partial charge in [-0.3, -0.25) is 10.6 Å². The molecule has 2 atom stereocenters. The van der Waals surface area contributed by atoms with Gasteiger partial charge in [0.15, 0.2) is 31.5 Å². The fraction of sp³-hybridized carbons (Fsp3) is 0.242. The molecule has 326 valence electrons. The van der Waals surface area contributed by atoms with Gasteiger partial charge in [-0.1, -0.05) is 24.3 Å². The number of nitrogens with zero attached hydrogens (tertiary/aromatic N) is 7. The lowest BCUT2D eigenvalue weighted by molar-refractivity contribution is 0.255. The van der Waals surface area contributed by atoms with Crippen LogP contribution < -0.4 is 34.3 Å². The van der Waals surface area contributed by atoms with E-state index in [9.17, 15) is 45.4 Å². The number of methoxy groups -OCH3 is 3. The molecule has 0 saturated heterocycles. The van der Waals surface area contributed by atoms with Gasteiger partial charge in [-0.05, 0) is 31.2 Å². The number of amides is 4. The van der Waals surface area contributed by atoms with E-state index >= 15 is 0 Å². The minimum Gasteiger partial charge on any atom is -0.495 e. The van der Waals surface area contributed by atoms with Crippen LogP contribution in [0.15, 0.2) is 74.2 Å². The van der Waals surface area contributed by atoms with E-state index in [4.69, 9.17) is 23.8 Å². The molecule has 6 N–H and O–H groups in total. The van der Waals surface area contributed by atoms with Gasteiger partial charge in [0.1, 0.15) is 38.8 Å². The Bertz CT molecular complexity index is 2880. The van der Waals surface area contributed by atoms with Crippen LogP contribution in [-0.4, -0.2) is 110 Å². The molecule has 0 aliphatic heterocycles. The standard InChI is InChI=1S/C17H20N6O6S2.C16H19N7O5S2/c1-23(2)31(26,27)14-8-6-5-7-13(14)30(19,25)22-17(24)21-16-11(10-18)12(28-3)9-15(20-16)29-4;1-10-11(9-17)14(21-16(19-10)28-4)20-15(24)22-29(18,25)12-7-5-6-8-13(12)30(26,27)23(2)3/h5-9H,1-4H3,(H3,19,20,21,22,24,25);5-8H,1-4H3,(H3,18,19,20,21,22,24,25). The first kappa shape index (κ1) is 48.7. The van der Waals surface area contributed by atoms with Crippen LogP contribution in [0, 0.1) is 39.1 Å². The molecular weight excluding hydrogens is 883 g/mol. The average Bonchev–Trinajstić information content (AvgIpc) is 3.19. The molecular formula is C33H39N13O11S4. The number of anilines is 2. The van der Waals surface area contributed by atoms with Crippen LogP contribution in [0.2, 0.25) is 0 Å². The first-order chi connectivity index (χ1) is 28.4. The second-order valence-electron chi connectivity index (χ2n) is 12.0. The molecule has 24 nitrogen and oxygen atoms in total. The van der Waals surface area contributed by atoms with Gasteiger partial charge < -0.3 is 14.2 Å². The summed E-state index contributed by atoms with van der Waals surface area (Å²) >= 11 is 0. The Hall–Kier alpha value is -6.69. The molecule has 4 amide bonds. The second-order valence-corrected chi connectivity index (χ2v) is 19.8. The van der Waals surface area contributed by atoms with Crippen molar-refractivity contribution in [3.63, 3.8) is 0 Å². The van der Waals surface area contributed by atoms with Crippen molar-refractivity contribution >= 4 is 63.6 Å². The van der Waals surface area contributed by atoms with Crippen molar-refractivity contribution in [1.29, 1.82) is 20.1 Å². The van der Waals surface area contributed by atoms with Gasteiger partial charge in [0.05, 0.1) is 36.8 Å². The molecule has 2 aromatic heterocycles. The summed E-state index contributed by atoms with van der Waals surface area (Å²) in [5.74, 6) is -0.386. The third-order valence-electron chi connectivity index (χ3n) is 7.64. The molecule has 0 spiro atoms. The third-order valence-corrected chi connectivity index (χ3v) is 14.5. The van der Waals surface area contributed by atoms with E-state index in [1.807, 2.05) is 21.6 Å². The fourth-order valence-corrected chi connectivity index (χ4v) is 10.0. The lowest BCUT2D eigenvalue weighted by Gasteiger charge is -2.17. The monoisotopic (exact) mass is 921 g/mol. The zero-order valence-electron chi connectivity index (χ0n) is 33.5. The molecule has 61 heavy (non-hydrogen) atoms. The topological polar surface area (TPSA) is 353 Å². The molecule has 0 aliphatic rings.